The summed E-state index contributed by atoms with van der Waals surface area (Å²) >= 11 is 1.54. The molecule has 0 aliphatic rings. The molecule has 2 heterocycles. The summed E-state index contributed by atoms with van der Waals surface area (Å²) in [5, 5.41) is 5.93. The predicted molar refractivity (Wildman–Crippen MR) is 94.7 cm³/mol. The number of benzene rings is 1. The molecule has 0 saturated carbocycles. The summed E-state index contributed by atoms with van der Waals surface area (Å²) in [6.07, 6.45) is 6.77. The third kappa shape index (κ3) is 3.83. The van der Waals surface area contributed by atoms with Gasteiger partial charge in [0.2, 0.25) is 0 Å². The Kier molecular flexibility index (Phi) is 5.28. The van der Waals surface area contributed by atoms with Gasteiger partial charge in [0.15, 0.2) is 0 Å². The molecule has 3 rings (SSSR count). The Bertz CT molecular complexity index is 789. The highest BCUT2D eigenvalue weighted by molar-refractivity contribution is 7.10. The van der Waals surface area contributed by atoms with Gasteiger partial charge < -0.3 is 5.32 Å². The fourth-order valence-electron chi connectivity index (χ4n) is 2.37. The average Bonchev–Trinajstić information content (AvgIpc) is 3.13. The van der Waals surface area contributed by atoms with Gasteiger partial charge in [0.1, 0.15) is 16.4 Å². The Labute approximate surface area is 144 Å². The van der Waals surface area contributed by atoms with Crippen molar-refractivity contribution in [2.45, 2.75) is 25.8 Å². The van der Waals surface area contributed by atoms with Gasteiger partial charge in [-0.2, -0.15) is 0 Å². The normalized spacial score (nSPS) is 11.9. The van der Waals surface area contributed by atoms with E-state index in [4.69, 9.17) is 0 Å². The molecular weight excluding hydrogens is 320 g/mol. The van der Waals surface area contributed by atoms with Crippen LogP contribution in [0.2, 0.25) is 0 Å². The molecule has 1 aromatic carbocycles. The Hall–Kier alpha value is -2.60. The summed E-state index contributed by atoms with van der Waals surface area (Å²) < 4.78 is 0. The smallest absolute Gasteiger partial charge is 0.251 e. The molecule has 5 nitrogen and oxygen atoms in total. The zero-order valence-corrected chi connectivity index (χ0v) is 14.2. The number of carbonyl (C=O) groups excluding carboxylic acids is 1. The third-order valence-corrected chi connectivity index (χ3v) is 4.52. The van der Waals surface area contributed by atoms with Gasteiger partial charge >= 0.3 is 0 Å². The molecule has 0 bridgehead atoms. The van der Waals surface area contributed by atoms with Crippen LogP contribution >= 0.6 is 11.3 Å². The van der Waals surface area contributed by atoms with Gasteiger partial charge in [-0.1, -0.05) is 31.5 Å². The van der Waals surface area contributed by atoms with E-state index in [9.17, 15) is 4.79 Å². The van der Waals surface area contributed by atoms with Crippen LogP contribution in [-0.4, -0.2) is 20.9 Å². The van der Waals surface area contributed by atoms with Crippen molar-refractivity contribution in [3.63, 3.8) is 0 Å². The molecule has 2 aromatic heterocycles. The van der Waals surface area contributed by atoms with Gasteiger partial charge in [-0.15, -0.1) is 11.3 Å². The standard InChI is InChI=1S/C18H18N4OS/c1-2-6-14(21-17(23)13-7-4-3-5-8-13)18-22-16(12-24-18)15-11-19-9-10-20-15/h3-5,7-12,14H,2,6H2,1H3,(H,21,23)/t14-/m0/s1. The molecule has 3 aromatic rings. The highest BCUT2D eigenvalue weighted by Crippen LogP contribution is 2.26. The van der Waals surface area contributed by atoms with E-state index in [2.05, 4.69) is 27.2 Å². The Balaban J connectivity index is 1.79. The van der Waals surface area contributed by atoms with Crippen molar-refractivity contribution < 1.29 is 4.79 Å². The molecule has 0 aliphatic heterocycles. The quantitative estimate of drug-likeness (QED) is 0.741. The van der Waals surface area contributed by atoms with E-state index in [0.717, 1.165) is 29.2 Å². The van der Waals surface area contributed by atoms with Crippen molar-refractivity contribution in [3.8, 4) is 11.4 Å². The largest absolute Gasteiger partial charge is 0.343 e. The van der Waals surface area contributed by atoms with Crippen LogP contribution in [0.4, 0.5) is 0 Å². The SMILES string of the molecule is CCC[C@H](NC(=O)c1ccccc1)c1nc(-c2cnccn2)cs1. The monoisotopic (exact) mass is 338 g/mol. The van der Waals surface area contributed by atoms with E-state index in [0.29, 0.717) is 5.56 Å². The van der Waals surface area contributed by atoms with Gasteiger partial charge in [-0.25, -0.2) is 4.98 Å². The summed E-state index contributed by atoms with van der Waals surface area (Å²) in [5.41, 5.74) is 2.19. The van der Waals surface area contributed by atoms with E-state index < -0.39 is 0 Å². The van der Waals surface area contributed by atoms with Gasteiger partial charge in [0.05, 0.1) is 12.2 Å². The van der Waals surface area contributed by atoms with Crippen LogP contribution in [0.1, 0.15) is 41.2 Å². The van der Waals surface area contributed by atoms with Gasteiger partial charge in [0.25, 0.3) is 5.91 Å². The number of hydrogen-bond donors (Lipinski definition) is 1. The number of aromatic nitrogens is 3. The van der Waals surface area contributed by atoms with Crippen LogP contribution in [0.15, 0.2) is 54.3 Å². The third-order valence-electron chi connectivity index (χ3n) is 3.56. The maximum atomic E-state index is 12.4. The second-order valence-corrected chi connectivity index (χ2v) is 6.23. The van der Waals surface area contributed by atoms with Crippen LogP contribution in [0.3, 0.4) is 0 Å². The lowest BCUT2D eigenvalue weighted by Gasteiger charge is -2.15. The molecule has 24 heavy (non-hydrogen) atoms. The first-order chi connectivity index (χ1) is 11.8. The maximum absolute atomic E-state index is 12.4. The first-order valence-corrected chi connectivity index (χ1v) is 8.73. The average molecular weight is 338 g/mol. The first kappa shape index (κ1) is 16.3. The van der Waals surface area contributed by atoms with Crippen LogP contribution < -0.4 is 5.32 Å². The summed E-state index contributed by atoms with van der Waals surface area (Å²) in [5.74, 6) is -0.0784. The fraction of sp³-hybridized carbons (Fsp3) is 0.222. The van der Waals surface area contributed by atoms with Crippen molar-refractivity contribution in [2.75, 3.05) is 0 Å². The van der Waals surface area contributed by atoms with Crippen molar-refractivity contribution in [1.29, 1.82) is 0 Å². The summed E-state index contributed by atoms with van der Waals surface area (Å²) in [4.78, 5) is 25.4. The zero-order valence-electron chi connectivity index (χ0n) is 13.3. The minimum atomic E-state index is -0.0990. The summed E-state index contributed by atoms with van der Waals surface area (Å²) in [7, 11) is 0. The zero-order chi connectivity index (χ0) is 16.8. The molecule has 0 radical (unpaired) electrons. The van der Waals surface area contributed by atoms with Gasteiger partial charge in [-0.3, -0.25) is 14.8 Å². The van der Waals surface area contributed by atoms with Crippen molar-refractivity contribution >= 4 is 17.2 Å². The van der Waals surface area contributed by atoms with Crippen LogP contribution in [0.5, 0.6) is 0 Å². The lowest BCUT2D eigenvalue weighted by Crippen LogP contribution is -2.28. The number of amides is 1. The minimum Gasteiger partial charge on any atom is -0.343 e. The molecule has 122 valence electrons. The van der Waals surface area contributed by atoms with E-state index in [1.807, 2.05) is 35.7 Å². The van der Waals surface area contributed by atoms with Crippen LogP contribution in [-0.2, 0) is 0 Å². The number of nitrogens with one attached hydrogen (secondary N) is 1. The number of rotatable bonds is 6. The van der Waals surface area contributed by atoms with E-state index in [1.54, 1.807) is 18.6 Å². The summed E-state index contributed by atoms with van der Waals surface area (Å²) in [6, 6.07) is 9.14. The van der Waals surface area contributed by atoms with Crippen molar-refractivity contribution in [2.24, 2.45) is 0 Å². The Morgan fingerprint density at radius 1 is 1.21 bits per heavy atom. The molecule has 0 spiro atoms. The lowest BCUT2D eigenvalue weighted by atomic mass is 10.1. The highest BCUT2D eigenvalue weighted by Gasteiger charge is 2.19. The van der Waals surface area contributed by atoms with E-state index in [1.165, 1.54) is 11.3 Å². The maximum Gasteiger partial charge on any atom is 0.251 e. The molecule has 0 saturated heterocycles. The second kappa shape index (κ2) is 7.79. The molecule has 0 fully saturated rings. The highest BCUT2D eigenvalue weighted by atomic mass is 32.1. The number of nitrogens with zero attached hydrogens (tertiary/aromatic N) is 3. The van der Waals surface area contributed by atoms with E-state index in [-0.39, 0.29) is 11.9 Å². The molecule has 1 atom stereocenters. The van der Waals surface area contributed by atoms with Crippen molar-refractivity contribution in [3.05, 3.63) is 64.9 Å². The van der Waals surface area contributed by atoms with Crippen LogP contribution in [0, 0.1) is 0 Å². The van der Waals surface area contributed by atoms with Gasteiger partial charge in [0, 0.05) is 23.3 Å². The molecule has 0 unspecified atom stereocenters. The lowest BCUT2D eigenvalue weighted by molar-refractivity contribution is 0.0934. The topological polar surface area (TPSA) is 67.8 Å². The molecule has 6 heteroatoms. The molecule has 1 amide bonds. The minimum absolute atomic E-state index is 0.0784. The van der Waals surface area contributed by atoms with Crippen molar-refractivity contribution in [1.82, 2.24) is 20.3 Å². The Morgan fingerprint density at radius 2 is 2.04 bits per heavy atom. The van der Waals surface area contributed by atoms with Gasteiger partial charge in [-0.05, 0) is 18.6 Å². The number of hydrogen-bond acceptors (Lipinski definition) is 5. The summed E-state index contributed by atoms with van der Waals surface area (Å²) in [6.45, 7) is 2.10. The Morgan fingerprint density at radius 3 is 2.75 bits per heavy atom. The first-order valence-electron chi connectivity index (χ1n) is 7.85. The molecule has 1 N–H and O–H groups in total. The molecule has 0 aliphatic carbocycles. The second-order valence-electron chi connectivity index (χ2n) is 5.34. The fourth-order valence-corrected chi connectivity index (χ4v) is 3.27. The predicted octanol–water partition coefficient (Wildman–Crippen LogP) is 3.87. The number of carbonyl (C=O) groups is 1. The van der Waals surface area contributed by atoms with Crippen LogP contribution in [0.25, 0.3) is 11.4 Å². The number of thiazole rings is 1. The van der Waals surface area contributed by atoms with E-state index >= 15 is 0 Å². The molecular formula is C18H18N4OS.